The van der Waals surface area contributed by atoms with Crippen molar-refractivity contribution in [2.75, 3.05) is 42.6 Å². The predicted octanol–water partition coefficient (Wildman–Crippen LogP) is 3.25. The van der Waals surface area contributed by atoms with E-state index in [-0.39, 0.29) is 32.2 Å². The first-order valence-electron chi connectivity index (χ1n) is 9.21. The Morgan fingerprint density at radius 1 is 1.00 bits per heavy atom. The second-order valence-corrected chi connectivity index (χ2v) is 12.6. The molecule has 32 heavy (non-hydrogen) atoms. The maximum Gasteiger partial charge on any atom is 0.247 e. The molecule has 2 aromatic rings. The number of carbonyl (C=O) groups is 1. The molecule has 0 N–H and O–H groups in total. The summed E-state index contributed by atoms with van der Waals surface area (Å²) in [5, 5.41) is 0.267. The third kappa shape index (κ3) is 4.85. The number of nitrogens with zero attached hydrogens (tertiary/aromatic N) is 3. The first kappa shape index (κ1) is 25.1. The molecule has 1 amide bonds. The summed E-state index contributed by atoms with van der Waals surface area (Å²) in [4.78, 5) is 14.6. The van der Waals surface area contributed by atoms with Crippen molar-refractivity contribution < 1.29 is 21.6 Å². The smallest absolute Gasteiger partial charge is 0.247 e. The van der Waals surface area contributed by atoms with Gasteiger partial charge in [0.05, 0.1) is 31.9 Å². The number of amides is 1. The van der Waals surface area contributed by atoms with Crippen molar-refractivity contribution in [1.82, 2.24) is 4.31 Å². The van der Waals surface area contributed by atoms with Crippen molar-refractivity contribution in [3.8, 4) is 0 Å². The van der Waals surface area contributed by atoms with Crippen LogP contribution in [0.3, 0.4) is 0 Å². The molecule has 0 aromatic heterocycles. The molecule has 0 unspecified atom stereocenters. The van der Waals surface area contributed by atoms with E-state index >= 15 is 0 Å². The van der Waals surface area contributed by atoms with E-state index in [1.807, 2.05) is 0 Å². The first-order valence-corrected chi connectivity index (χ1v) is 13.6. The zero-order valence-corrected chi connectivity index (χ0v) is 21.2. The Kier molecular flexibility index (Phi) is 7.05. The Labute approximate surface area is 202 Å². The summed E-state index contributed by atoms with van der Waals surface area (Å²) in [7, 11) is -4.64. The van der Waals surface area contributed by atoms with Gasteiger partial charge in [0.2, 0.25) is 26.0 Å². The molecular weight excluding hydrogens is 521 g/mol. The number of hydrogen-bond acceptors (Lipinski definition) is 5. The lowest BCUT2D eigenvalue weighted by Gasteiger charge is -2.26. The number of rotatable bonds is 6. The van der Waals surface area contributed by atoms with E-state index in [9.17, 15) is 21.6 Å². The van der Waals surface area contributed by atoms with Gasteiger partial charge in [0.25, 0.3) is 0 Å². The highest BCUT2D eigenvalue weighted by Crippen LogP contribution is 2.36. The second-order valence-electron chi connectivity index (χ2n) is 7.36. The quantitative estimate of drug-likeness (QED) is 0.524. The Hall–Kier alpha value is -1.56. The van der Waals surface area contributed by atoms with Crippen LogP contribution < -0.4 is 9.21 Å². The van der Waals surface area contributed by atoms with Crippen molar-refractivity contribution in [2.24, 2.45) is 0 Å². The van der Waals surface area contributed by atoms with E-state index in [2.05, 4.69) is 0 Å². The van der Waals surface area contributed by atoms with Gasteiger partial charge in [-0.2, -0.15) is 0 Å². The maximum absolute atomic E-state index is 13.1. The summed E-state index contributed by atoms with van der Waals surface area (Å²) in [6.45, 7) is -0.236. The molecular formula is C19H20Cl3N3O5S2. The van der Waals surface area contributed by atoms with E-state index in [1.165, 1.54) is 43.3 Å². The Morgan fingerprint density at radius 2 is 1.62 bits per heavy atom. The van der Waals surface area contributed by atoms with Crippen molar-refractivity contribution in [3.63, 3.8) is 0 Å². The van der Waals surface area contributed by atoms with Crippen molar-refractivity contribution in [2.45, 2.75) is 11.3 Å². The minimum atomic E-state index is -3.89. The van der Waals surface area contributed by atoms with Crippen LogP contribution in [-0.4, -0.2) is 60.5 Å². The highest BCUT2D eigenvalue weighted by Gasteiger charge is 2.31. The third-order valence-electron chi connectivity index (χ3n) is 4.96. The summed E-state index contributed by atoms with van der Waals surface area (Å²) >= 11 is 18.1. The number of sulfonamides is 2. The van der Waals surface area contributed by atoms with Crippen molar-refractivity contribution >= 4 is 72.1 Å². The molecule has 13 heteroatoms. The fraction of sp³-hybridized carbons (Fsp3) is 0.316. The molecule has 1 heterocycles. The second kappa shape index (κ2) is 9.00. The van der Waals surface area contributed by atoms with Crippen LogP contribution in [0.4, 0.5) is 11.4 Å². The fourth-order valence-corrected chi connectivity index (χ4v) is 5.80. The minimum Gasteiger partial charge on any atom is -0.310 e. The van der Waals surface area contributed by atoms with Crippen molar-refractivity contribution in [1.29, 1.82) is 0 Å². The van der Waals surface area contributed by atoms with Crippen LogP contribution in [0, 0.1) is 0 Å². The van der Waals surface area contributed by atoms with E-state index in [0.29, 0.717) is 17.7 Å². The molecule has 174 valence electrons. The molecule has 0 saturated heterocycles. The average Bonchev–Trinajstić information content (AvgIpc) is 3.11. The molecule has 8 nitrogen and oxygen atoms in total. The number of hydrogen-bond donors (Lipinski definition) is 0. The van der Waals surface area contributed by atoms with Gasteiger partial charge in [-0.3, -0.25) is 9.10 Å². The molecule has 0 aliphatic carbocycles. The SMILES string of the molecule is CN(C)S(=O)(=O)c1ccc2c(c1)CCN2C(=O)CN(c1cc(Cl)c(Cl)cc1Cl)S(C)(=O)=O. The molecule has 0 spiro atoms. The summed E-state index contributed by atoms with van der Waals surface area (Å²) in [6, 6.07) is 7.09. The van der Waals surface area contributed by atoms with Gasteiger partial charge in [0.15, 0.2) is 0 Å². The average molecular weight is 541 g/mol. The molecule has 0 atom stereocenters. The van der Waals surface area contributed by atoms with Crippen LogP contribution >= 0.6 is 34.8 Å². The van der Waals surface area contributed by atoms with Gasteiger partial charge in [0, 0.05) is 26.3 Å². The first-order chi connectivity index (χ1) is 14.7. The maximum atomic E-state index is 13.1. The Balaban J connectivity index is 1.93. The Morgan fingerprint density at radius 3 is 2.22 bits per heavy atom. The van der Waals surface area contributed by atoms with Gasteiger partial charge in [-0.1, -0.05) is 34.8 Å². The summed E-state index contributed by atoms with van der Waals surface area (Å²) in [5.41, 5.74) is 1.24. The zero-order chi connectivity index (χ0) is 24.0. The molecule has 3 rings (SSSR count). The van der Waals surface area contributed by atoms with Crippen LogP contribution in [-0.2, 0) is 31.3 Å². The Bertz CT molecular complexity index is 1300. The highest BCUT2D eigenvalue weighted by atomic mass is 35.5. The number of anilines is 2. The number of carbonyl (C=O) groups excluding carboxylic acids is 1. The van der Waals surface area contributed by atoms with E-state index in [1.54, 1.807) is 6.07 Å². The predicted molar refractivity (Wildman–Crippen MR) is 127 cm³/mol. The van der Waals surface area contributed by atoms with Crippen molar-refractivity contribution in [3.05, 3.63) is 51.0 Å². The van der Waals surface area contributed by atoms with Crippen LogP contribution in [0.15, 0.2) is 35.2 Å². The standard InChI is InChI=1S/C19H20Cl3N3O5S2/c1-23(2)32(29,30)13-4-5-17-12(8-13)6-7-24(17)19(26)11-25(31(3,27)28)18-10-15(21)14(20)9-16(18)22/h4-5,8-10H,6-7,11H2,1-3H3. The lowest BCUT2D eigenvalue weighted by molar-refractivity contribution is -0.117. The van der Waals surface area contributed by atoms with E-state index in [0.717, 1.165) is 14.9 Å². The van der Waals surface area contributed by atoms with Gasteiger partial charge >= 0.3 is 0 Å². The minimum absolute atomic E-state index is 0.0259. The van der Waals surface area contributed by atoms with Crippen LogP contribution in [0.25, 0.3) is 0 Å². The highest BCUT2D eigenvalue weighted by molar-refractivity contribution is 7.92. The van der Waals surface area contributed by atoms with Gasteiger partial charge in [-0.15, -0.1) is 0 Å². The molecule has 2 aromatic carbocycles. The van der Waals surface area contributed by atoms with E-state index in [4.69, 9.17) is 34.8 Å². The van der Waals surface area contributed by atoms with Gasteiger partial charge in [-0.25, -0.2) is 21.1 Å². The molecule has 0 fully saturated rings. The molecule has 0 bridgehead atoms. The van der Waals surface area contributed by atoms with Gasteiger partial charge < -0.3 is 4.90 Å². The topological polar surface area (TPSA) is 95.1 Å². The summed E-state index contributed by atoms with van der Waals surface area (Å²) < 4.78 is 51.6. The molecule has 1 aliphatic rings. The summed E-state index contributed by atoms with van der Waals surface area (Å²) in [5.74, 6) is -0.500. The lowest BCUT2D eigenvalue weighted by Crippen LogP contribution is -2.42. The molecule has 1 aliphatic heterocycles. The molecule has 0 saturated carbocycles. The monoisotopic (exact) mass is 539 g/mol. The normalized spacial score (nSPS) is 14.0. The van der Waals surface area contributed by atoms with E-state index < -0.39 is 32.5 Å². The zero-order valence-electron chi connectivity index (χ0n) is 17.3. The van der Waals surface area contributed by atoms with Gasteiger partial charge in [-0.05, 0) is 42.3 Å². The number of halogens is 3. The number of benzene rings is 2. The number of fused-ring (bicyclic) bond motifs is 1. The molecule has 0 radical (unpaired) electrons. The van der Waals surface area contributed by atoms with Crippen LogP contribution in [0.5, 0.6) is 0 Å². The van der Waals surface area contributed by atoms with Crippen LogP contribution in [0.1, 0.15) is 5.56 Å². The van der Waals surface area contributed by atoms with Gasteiger partial charge in [0.1, 0.15) is 6.54 Å². The lowest BCUT2D eigenvalue weighted by atomic mass is 10.2. The third-order valence-corrected chi connectivity index (χ3v) is 8.93. The fourth-order valence-electron chi connectivity index (χ4n) is 3.30. The van der Waals surface area contributed by atoms with Crippen LogP contribution in [0.2, 0.25) is 15.1 Å². The summed E-state index contributed by atoms with van der Waals surface area (Å²) in [6.07, 6.45) is 1.39. The largest absolute Gasteiger partial charge is 0.310 e.